The van der Waals surface area contributed by atoms with Crippen LogP contribution in [0, 0.1) is 11.6 Å². The lowest BCUT2D eigenvalue weighted by Gasteiger charge is -2.05. The lowest BCUT2D eigenvalue weighted by molar-refractivity contribution is 0.506. The lowest BCUT2D eigenvalue weighted by atomic mass is 10.1. The molecule has 0 heterocycles. The van der Waals surface area contributed by atoms with Gasteiger partial charge in [-0.25, -0.2) is 8.78 Å². The molecule has 1 unspecified atom stereocenters. The van der Waals surface area contributed by atoms with E-state index in [4.69, 9.17) is 5.73 Å². The van der Waals surface area contributed by atoms with Crippen LogP contribution < -0.4 is 5.73 Å². The quantitative estimate of drug-likeness (QED) is 0.713. The molecule has 13 heavy (non-hydrogen) atoms. The van der Waals surface area contributed by atoms with E-state index in [1.807, 2.05) is 0 Å². The van der Waals surface area contributed by atoms with E-state index in [0.717, 1.165) is 12.1 Å². The number of halogens is 2. The van der Waals surface area contributed by atoms with Crippen molar-refractivity contribution >= 4 is 0 Å². The minimum absolute atomic E-state index is 0.218. The van der Waals surface area contributed by atoms with Crippen LogP contribution in [-0.4, -0.2) is 6.04 Å². The Hall–Kier alpha value is -1.22. The summed E-state index contributed by atoms with van der Waals surface area (Å²) in [6.45, 7) is 3.50. The van der Waals surface area contributed by atoms with E-state index < -0.39 is 11.6 Å². The highest BCUT2D eigenvalue weighted by molar-refractivity contribution is 5.19. The molecule has 1 aromatic rings. The van der Waals surface area contributed by atoms with Crippen molar-refractivity contribution in [3.63, 3.8) is 0 Å². The fourth-order valence-electron chi connectivity index (χ4n) is 1.02. The molecule has 0 radical (unpaired) electrons. The van der Waals surface area contributed by atoms with Crippen molar-refractivity contribution in [3.8, 4) is 0 Å². The van der Waals surface area contributed by atoms with Crippen LogP contribution >= 0.6 is 0 Å². The minimum atomic E-state index is -0.839. The van der Waals surface area contributed by atoms with Crippen molar-refractivity contribution in [2.45, 2.75) is 12.5 Å². The maximum Gasteiger partial charge on any atom is 0.159 e. The zero-order valence-electron chi connectivity index (χ0n) is 7.13. The molecule has 0 spiro atoms. The Labute approximate surface area is 75.9 Å². The van der Waals surface area contributed by atoms with Crippen LogP contribution in [0.2, 0.25) is 0 Å². The Morgan fingerprint density at radius 1 is 1.38 bits per heavy atom. The highest BCUT2D eigenvalue weighted by Crippen LogP contribution is 2.10. The van der Waals surface area contributed by atoms with Gasteiger partial charge in [-0.1, -0.05) is 12.1 Å². The summed E-state index contributed by atoms with van der Waals surface area (Å²) in [5, 5.41) is 0. The third-order valence-electron chi connectivity index (χ3n) is 1.76. The molecule has 0 fully saturated rings. The van der Waals surface area contributed by atoms with Crippen molar-refractivity contribution in [1.29, 1.82) is 0 Å². The molecule has 0 saturated heterocycles. The average Bonchev–Trinajstić information content (AvgIpc) is 2.11. The van der Waals surface area contributed by atoms with Gasteiger partial charge in [-0.3, -0.25) is 0 Å². The maximum absolute atomic E-state index is 12.7. The summed E-state index contributed by atoms with van der Waals surface area (Å²) in [4.78, 5) is 0. The van der Waals surface area contributed by atoms with E-state index in [0.29, 0.717) is 12.0 Å². The molecular formula is C10H11F2N. The van der Waals surface area contributed by atoms with E-state index >= 15 is 0 Å². The molecule has 0 amide bonds. The molecule has 0 aliphatic carbocycles. The largest absolute Gasteiger partial charge is 0.324 e. The summed E-state index contributed by atoms with van der Waals surface area (Å²) in [6, 6.07) is 3.55. The Balaban J connectivity index is 2.79. The Morgan fingerprint density at radius 3 is 2.62 bits per heavy atom. The summed E-state index contributed by atoms with van der Waals surface area (Å²) in [5.74, 6) is -1.68. The summed E-state index contributed by atoms with van der Waals surface area (Å²) in [6.07, 6.45) is 2.04. The molecule has 1 rings (SSSR count). The molecule has 70 valence electrons. The van der Waals surface area contributed by atoms with Gasteiger partial charge in [0.25, 0.3) is 0 Å². The number of hydrogen-bond acceptors (Lipinski definition) is 1. The maximum atomic E-state index is 12.7. The predicted octanol–water partition coefficient (Wildman–Crippen LogP) is 2.02. The summed E-state index contributed by atoms with van der Waals surface area (Å²) in [5.41, 5.74) is 6.23. The van der Waals surface area contributed by atoms with E-state index in [1.54, 1.807) is 6.08 Å². The molecule has 0 aliphatic rings. The van der Waals surface area contributed by atoms with Crippen LogP contribution in [0.3, 0.4) is 0 Å². The monoisotopic (exact) mass is 183 g/mol. The first-order valence-corrected chi connectivity index (χ1v) is 3.95. The standard InChI is InChI=1S/C10H11F2N/c1-2-8(13)5-7-3-4-9(11)10(12)6-7/h2-4,6,8H,1,5,13H2. The molecule has 1 aromatic carbocycles. The Kier molecular flexibility index (Phi) is 3.14. The number of hydrogen-bond donors (Lipinski definition) is 1. The minimum Gasteiger partial charge on any atom is -0.324 e. The molecule has 1 atom stereocenters. The predicted molar refractivity (Wildman–Crippen MR) is 48.2 cm³/mol. The van der Waals surface area contributed by atoms with Crippen LogP contribution in [-0.2, 0) is 6.42 Å². The Morgan fingerprint density at radius 2 is 2.08 bits per heavy atom. The zero-order valence-corrected chi connectivity index (χ0v) is 7.13. The fourth-order valence-corrected chi connectivity index (χ4v) is 1.02. The third-order valence-corrected chi connectivity index (χ3v) is 1.76. The first-order chi connectivity index (χ1) is 6.13. The van der Waals surface area contributed by atoms with Gasteiger partial charge < -0.3 is 5.73 Å². The van der Waals surface area contributed by atoms with Gasteiger partial charge >= 0.3 is 0 Å². The number of rotatable bonds is 3. The SMILES string of the molecule is C=CC(N)Cc1ccc(F)c(F)c1. The van der Waals surface area contributed by atoms with E-state index in [-0.39, 0.29) is 6.04 Å². The first kappa shape index (κ1) is 9.86. The number of nitrogens with two attached hydrogens (primary N) is 1. The van der Waals surface area contributed by atoms with Crippen molar-refractivity contribution < 1.29 is 8.78 Å². The van der Waals surface area contributed by atoms with Crippen LogP contribution in [0.1, 0.15) is 5.56 Å². The summed E-state index contributed by atoms with van der Waals surface area (Å²) in [7, 11) is 0. The lowest BCUT2D eigenvalue weighted by Crippen LogP contribution is -2.19. The van der Waals surface area contributed by atoms with Crippen molar-refractivity contribution in [2.24, 2.45) is 5.73 Å². The van der Waals surface area contributed by atoms with Gasteiger partial charge in [0, 0.05) is 6.04 Å². The second-order valence-corrected chi connectivity index (χ2v) is 2.85. The van der Waals surface area contributed by atoms with Gasteiger partial charge in [0.2, 0.25) is 0 Å². The molecule has 2 N–H and O–H groups in total. The molecule has 0 saturated carbocycles. The molecule has 0 aliphatic heterocycles. The van der Waals surface area contributed by atoms with Gasteiger partial charge in [0.1, 0.15) is 0 Å². The topological polar surface area (TPSA) is 26.0 Å². The van der Waals surface area contributed by atoms with Crippen LogP contribution in [0.25, 0.3) is 0 Å². The zero-order chi connectivity index (χ0) is 9.84. The van der Waals surface area contributed by atoms with Crippen molar-refractivity contribution in [1.82, 2.24) is 0 Å². The van der Waals surface area contributed by atoms with Gasteiger partial charge in [0.15, 0.2) is 11.6 Å². The van der Waals surface area contributed by atoms with Crippen molar-refractivity contribution in [2.75, 3.05) is 0 Å². The van der Waals surface area contributed by atoms with E-state index in [2.05, 4.69) is 6.58 Å². The number of benzene rings is 1. The molecule has 0 aromatic heterocycles. The summed E-state index contributed by atoms with van der Waals surface area (Å²) >= 11 is 0. The van der Waals surface area contributed by atoms with Gasteiger partial charge in [0.05, 0.1) is 0 Å². The first-order valence-electron chi connectivity index (χ1n) is 3.95. The highest BCUT2D eigenvalue weighted by atomic mass is 19.2. The van der Waals surface area contributed by atoms with Crippen LogP contribution in [0.4, 0.5) is 8.78 Å². The third kappa shape index (κ3) is 2.63. The van der Waals surface area contributed by atoms with Gasteiger partial charge in [-0.05, 0) is 24.1 Å². The molecule has 0 bridgehead atoms. The normalized spacial score (nSPS) is 12.5. The summed E-state index contributed by atoms with van der Waals surface area (Å²) < 4.78 is 25.2. The smallest absolute Gasteiger partial charge is 0.159 e. The average molecular weight is 183 g/mol. The highest BCUT2D eigenvalue weighted by Gasteiger charge is 2.04. The molecule has 3 heteroatoms. The van der Waals surface area contributed by atoms with Gasteiger partial charge in [-0.15, -0.1) is 6.58 Å². The van der Waals surface area contributed by atoms with Crippen molar-refractivity contribution in [3.05, 3.63) is 48.1 Å². The van der Waals surface area contributed by atoms with E-state index in [1.165, 1.54) is 6.07 Å². The van der Waals surface area contributed by atoms with E-state index in [9.17, 15) is 8.78 Å². The second kappa shape index (κ2) is 4.14. The molecular weight excluding hydrogens is 172 g/mol. The van der Waals surface area contributed by atoms with Crippen LogP contribution in [0.15, 0.2) is 30.9 Å². The fraction of sp³-hybridized carbons (Fsp3) is 0.200. The van der Waals surface area contributed by atoms with Crippen LogP contribution in [0.5, 0.6) is 0 Å². The molecule has 1 nitrogen and oxygen atoms in total. The van der Waals surface area contributed by atoms with Gasteiger partial charge in [-0.2, -0.15) is 0 Å². The Bertz CT molecular complexity index is 310. The second-order valence-electron chi connectivity index (χ2n) is 2.85.